The molecule has 0 aliphatic heterocycles. The summed E-state index contributed by atoms with van der Waals surface area (Å²) in [7, 11) is -0.596. The molecule has 0 bridgehead atoms. The maximum atomic E-state index is 13.3. The molecule has 3 aromatic rings. The predicted molar refractivity (Wildman–Crippen MR) is 108 cm³/mol. The molecule has 0 radical (unpaired) electrons. The quantitative estimate of drug-likeness (QED) is 0.707. The number of nitrogens with zero attached hydrogens (tertiary/aromatic N) is 1. The molecule has 146 valence electrons. The molecule has 28 heavy (non-hydrogen) atoms. The topological polar surface area (TPSA) is 79.6 Å². The molecule has 0 saturated carbocycles. The molecule has 0 unspecified atom stereocenters. The summed E-state index contributed by atoms with van der Waals surface area (Å²) < 4.78 is 44.3. The number of benzene rings is 2. The van der Waals surface area contributed by atoms with Crippen LogP contribution >= 0.6 is 0 Å². The lowest BCUT2D eigenvalue weighted by Gasteiger charge is -2.19. The lowest BCUT2D eigenvalue weighted by molar-refractivity contribution is 0.0964. The summed E-state index contributed by atoms with van der Waals surface area (Å²) in [5, 5.41) is 3.07. The summed E-state index contributed by atoms with van der Waals surface area (Å²) in [5.74, 6) is -0.520. The van der Waals surface area contributed by atoms with Gasteiger partial charge in [0.25, 0.3) is 5.91 Å². The zero-order valence-electron chi connectivity index (χ0n) is 15.6. The molecule has 1 N–H and O–H groups in total. The van der Waals surface area contributed by atoms with Crippen molar-refractivity contribution in [3.63, 3.8) is 0 Å². The summed E-state index contributed by atoms with van der Waals surface area (Å²) in [6.07, 6.45) is 2.60. The fraction of sp³-hybridized carbons (Fsp3) is 0.150. The molecule has 1 aromatic heterocycles. The van der Waals surface area contributed by atoms with Crippen molar-refractivity contribution in [2.75, 3.05) is 24.7 Å². The van der Waals surface area contributed by atoms with Crippen LogP contribution in [0.4, 0.5) is 10.1 Å². The standard InChI is InChI=1S/C20H19FN2O4S/c1-5-12-10-15-17(11-16(12)23(3)28(4,25)26)27-19(18(15)20(24)22-2)13-6-8-14(21)9-7-13/h5-11H,1H2,2-4H3,(H,22,24). The first kappa shape index (κ1) is 19.6. The minimum absolute atomic E-state index is 0.267. The molecule has 0 saturated heterocycles. The van der Waals surface area contributed by atoms with Crippen LogP contribution in [0.5, 0.6) is 0 Å². The van der Waals surface area contributed by atoms with Crippen molar-refractivity contribution in [1.29, 1.82) is 0 Å². The fourth-order valence-corrected chi connectivity index (χ4v) is 3.43. The molecule has 6 nitrogen and oxygen atoms in total. The number of amides is 1. The van der Waals surface area contributed by atoms with E-state index in [-0.39, 0.29) is 17.2 Å². The zero-order valence-corrected chi connectivity index (χ0v) is 16.4. The van der Waals surface area contributed by atoms with Gasteiger partial charge in [0.05, 0.1) is 17.5 Å². The smallest absolute Gasteiger partial charge is 0.255 e. The van der Waals surface area contributed by atoms with E-state index in [1.54, 1.807) is 12.1 Å². The van der Waals surface area contributed by atoms with E-state index in [9.17, 15) is 17.6 Å². The number of carbonyl (C=O) groups is 1. The van der Waals surface area contributed by atoms with Crippen molar-refractivity contribution < 1.29 is 22.0 Å². The Kier molecular flexibility index (Phi) is 4.99. The van der Waals surface area contributed by atoms with Crippen LogP contribution in [-0.4, -0.2) is 34.7 Å². The summed E-state index contributed by atoms with van der Waals surface area (Å²) in [6.45, 7) is 3.74. The number of fused-ring (bicyclic) bond motifs is 1. The van der Waals surface area contributed by atoms with Gasteiger partial charge in [-0.05, 0) is 35.9 Å². The fourth-order valence-electron chi connectivity index (χ4n) is 2.92. The van der Waals surface area contributed by atoms with E-state index in [0.717, 1.165) is 10.6 Å². The van der Waals surface area contributed by atoms with Gasteiger partial charge in [-0.2, -0.15) is 0 Å². The second-order valence-corrected chi connectivity index (χ2v) is 8.25. The maximum absolute atomic E-state index is 13.3. The number of hydrogen-bond donors (Lipinski definition) is 1. The molecule has 0 aliphatic rings. The van der Waals surface area contributed by atoms with Crippen LogP contribution in [0.2, 0.25) is 0 Å². The van der Waals surface area contributed by atoms with E-state index in [1.165, 1.54) is 44.4 Å². The Morgan fingerprint density at radius 2 is 1.89 bits per heavy atom. The Labute approximate surface area is 162 Å². The number of furan rings is 1. The number of halogens is 1. The van der Waals surface area contributed by atoms with Gasteiger partial charge in [0, 0.05) is 31.1 Å². The Morgan fingerprint density at radius 3 is 2.43 bits per heavy atom. The number of nitrogens with one attached hydrogen (secondary N) is 1. The Hall–Kier alpha value is -3.13. The molecule has 0 fully saturated rings. The average Bonchev–Trinajstić information content (AvgIpc) is 3.03. The van der Waals surface area contributed by atoms with Gasteiger partial charge in [-0.15, -0.1) is 0 Å². The van der Waals surface area contributed by atoms with Gasteiger partial charge < -0.3 is 9.73 Å². The van der Waals surface area contributed by atoms with Crippen LogP contribution in [-0.2, 0) is 10.0 Å². The van der Waals surface area contributed by atoms with Crippen molar-refractivity contribution in [2.24, 2.45) is 0 Å². The van der Waals surface area contributed by atoms with Crippen molar-refractivity contribution in [3.8, 4) is 11.3 Å². The number of rotatable bonds is 5. The molecule has 1 amide bonds. The molecule has 0 spiro atoms. The molecule has 0 atom stereocenters. The largest absolute Gasteiger partial charge is 0.455 e. The Morgan fingerprint density at radius 1 is 1.25 bits per heavy atom. The van der Waals surface area contributed by atoms with Gasteiger partial charge in [-0.1, -0.05) is 12.7 Å². The minimum Gasteiger partial charge on any atom is -0.455 e. The van der Waals surface area contributed by atoms with Crippen LogP contribution in [0.3, 0.4) is 0 Å². The second kappa shape index (κ2) is 7.12. The summed E-state index contributed by atoms with van der Waals surface area (Å²) >= 11 is 0. The van der Waals surface area contributed by atoms with Gasteiger partial charge in [-0.3, -0.25) is 9.10 Å². The highest BCUT2D eigenvalue weighted by molar-refractivity contribution is 7.92. The van der Waals surface area contributed by atoms with Crippen molar-refractivity contribution >= 4 is 38.7 Å². The highest BCUT2D eigenvalue weighted by atomic mass is 32.2. The van der Waals surface area contributed by atoms with E-state index in [0.29, 0.717) is 27.8 Å². The summed E-state index contributed by atoms with van der Waals surface area (Å²) in [6, 6.07) is 8.77. The van der Waals surface area contributed by atoms with Crippen molar-refractivity contribution in [2.45, 2.75) is 0 Å². The lowest BCUT2D eigenvalue weighted by atomic mass is 10.0. The van der Waals surface area contributed by atoms with E-state index in [4.69, 9.17) is 4.42 Å². The van der Waals surface area contributed by atoms with Gasteiger partial charge in [0.2, 0.25) is 10.0 Å². The van der Waals surface area contributed by atoms with Crippen LogP contribution < -0.4 is 9.62 Å². The summed E-state index contributed by atoms with van der Waals surface area (Å²) in [4.78, 5) is 12.5. The number of sulfonamides is 1. The minimum atomic E-state index is -3.52. The lowest BCUT2D eigenvalue weighted by Crippen LogP contribution is -2.25. The first-order valence-electron chi connectivity index (χ1n) is 8.32. The first-order chi connectivity index (χ1) is 13.2. The van der Waals surface area contributed by atoms with Crippen molar-refractivity contribution in [1.82, 2.24) is 5.32 Å². The summed E-state index contributed by atoms with van der Waals surface area (Å²) in [5.41, 5.74) is 2.02. The average molecular weight is 402 g/mol. The molecule has 3 rings (SSSR count). The predicted octanol–water partition coefficient (Wildman–Crippen LogP) is 3.64. The molecular weight excluding hydrogens is 383 g/mol. The van der Waals surface area contributed by atoms with Crippen LogP contribution in [0.25, 0.3) is 28.4 Å². The third-order valence-electron chi connectivity index (χ3n) is 4.45. The van der Waals surface area contributed by atoms with Crippen LogP contribution in [0.15, 0.2) is 47.4 Å². The molecule has 2 aromatic carbocycles. The second-order valence-electron chi connectivity index (χ2n) is 6.23. The molecule has 0 aliphatic carbocycles. The molecular formula is C20H19FN2O4S. The normalized spacial score (nSPS) is 11.4. The van der Waals surface area contributed by atoms with E-state index >= 15 is 0 Å². The number of hydrogen-bond acceptors (Lipinski definition) is 4. The van der Waals surface area contributed by atoms with Crippen LogP contribution in [0, 0.1) is 5.82 Å². The molecule has 8 heteroatoms. The highest BCUT2D eigenvalue weighted by Gasteiger charge is 2.24. The zero-order chi connectivity index (χ0) is 20.6. The first-order valence-corrected chi connectivity index (χ1v) is 10.2. The monoisotopic (exact) mass is 402 g/mol. The van der Waals surface area contributed by atoms with Crippen LogP contribution in [0.1, 0.15) is 15.9 Å². The van der Waals surface area contributed by atoms with E-state index in [1.807, 2.05) is 0 Å². The van der Waals surface area contributed by atoms with E-state index in [2.05, 4.69) is 11.9 Å². The van der Waals surface area contributed by atoms with E-state index < -0.39 is 15.8 Å². The van der Waals surface area contributed by atoms with Crippen molar-refractivity contribution in [3.05, 3.63) is 59.9 Å². The SMILES string of the molecule is C=Cc1cc2c(C(=O)NC)c(-c3ccc(F)cc3)oc2cc1N(C)S(C)(=O)=O. The molecule has 1 heterocycles. The number of anilines is 1. The van der Waals surface area contributed by atoms with Gasteiger partial charge in [-0.25, -0.2) is 12.8 Å². The Balaban J connectivity index is 2.35. The Bertz CT molecular complexity index is 1180. The van der Waals surface area contributed by atoms with Gasteiger partial charge in [0.15, 0.2) is 0 Å². The van der Waals surface area contributed by atoms with Gasteiger partial charge >= 0.3 is 0 Å². The highest BCUT2D eigenvalue weighted by Crippen LogP contribution is 2.38. The van der Waals surface area contributed by atoms with Gasteiger partial charge in [0.1, 0.15) is 17.2 Å². The third-order valence-corrected chi connectivity index (χ3v) is 5.65. The third kappa shape index (κ3) is 3.38. The maximum Gasteiger partial charge on any atom is 0.255 e. The number of carbonyl (C=O) groups excluding carboxylic acids is 1.